The van der Waals surface area contributed by atoms with E-state index in [-0.39, 0.29) is 6.61 Å². The van der Waals surface area contributed by atoms with E-state index >= 15 is 0 Å². The molecule has 0 bridgehead atoms. The fourth-order valence-corrected chi connectivity index (χ4v) is 9.49. The van der Waals surface area contributed by atoms with E-state index in [9.17, 15) is 5.11 Å². The van der Waals surface area contributed by atoms with Crippen LogP contribution in [0.2, 0.25) is 0 Å². The third kappa shape index (κ3) is 3.26. The molecule has 4 heteroatoms. The van der Waals surface area contributed by atoms with Crippen LogP contribution in [0, 0.1) is 39.9 Å². The Bertz CT molecular complexity index is 787. The molecule has 0 spiro atoms. The van der Waals surface area contributed by atoms with E-state index in [4.69, 9.17) is 9.26 Å². The predicted molar refractivity (Wildman–Crippen MR) is 121 cm³/mol. The zero-order valence-electron chi connectivity index (χ0n) is 20.2. The molecule has 1 aromatic heterocycles. The number of ether oxygens (including phenoxy) is 1. The van der Waals surface area contributed by atoms with E-state index in [0.717, 1.165) is 36.0 Å². The molecule has 1 heterocycles. The zero-order valence-corrected chi connectivity index (χ0v) is 20.2. The smallest absolute Gasteiger partial charge is 0.162 e. The first-order valence-electron chi connectivity index (χ1n) is 12.9. The third-order valence-corrected chi connectivity index (χ3v) is 10.8. The lowest BCUT2D eigenvalue weighted by Crippen LogP contribution is -2.57. The highest BCUT2D eigenvalue weighted by Gasteiger charge is 2.63. The second-order valence-electron chi connectivity index (χ2n) is 12.3. The Labute approximate surface area is 188 Å². The van der Waals surface area contributed by atoms with Gasteiger partial charge in [-0.2, -0.15) is 0 Å². The standard InChI is InChI=1S/C27H43NO3/c1-5-26-11-10-22-20(21(26)8-9-23(26)24-14-19(16-29)31-28-24)7-6-18-15-25(2,3)12-13-27(18,22)17-30-4/h14,18,20-23,29H,5-13,15-17H2,1-4H3/t18-,20?,21-,22-,23?,26-,27+/m0/s1. The fourth-order valence-electron chi connectivity index (χ4n) is 9.49. The van der Waals surface area contributed by atoms with Crippen LogP contribution in [0.25, 0.3) is 0 Å². The first-order chi connectivity index (χ1) is 14.9. The summed E-state index contributed by atoms with van der Waals surface area (Å²) in [5.74, 6) is 4.43. The normalized spacial score (nSPS) is 43.8. The van der Waals surface area contributed by atoms with Crippen LogP contribution in [0.3, 0.4) is 0 Å². The zero-order chi connectivity index (χ0) is 21.9. The lowest BCUT2D eigenvalue weighted by Gasteiger charge is -2.63. The number of aromatic nitrogens is 1. The summed E-state index contributed by atoms with van der Waals surface area (Å²) in [6.45, 7) is 8.30. The van der Waals surface area contributed by atoms with Crippen LogP contribution >= 0.6 is 0 Å². The molecule has 4 saturated carbocycles. The summed E-state index contributed by atoms with van der Waals surface area (Å²) < 4.78 is 11.4. The van der Waals surface area contributed by atoms with Crippen LogP contribution in [-0.2, 0) is 11.3 Å². The summed E-state index contributed by atoms with van der Waals surface area (Å²) >= 11 is 0. The van der Waals surface area contributed by atoms with Gasteiger partial charge in [0, 0.05) is 19.1 Å². The number of nitrogens with zero attached hydrogens (tertiary/aromatic N) is 1. The predicted octanol–water partition coefficient (Wildman–Crippen LogP) is 6.34. The molecule has 4 fully saturated rings. The van der Waals surface area contributed by atoms with Gasteiger partial charge in [-0.1, -0.05) is 25.9 Å². The lowest BCUT2D eigenvalue weighted by atomic mass is 9.42. The van der Waals surface area contributed by atoms with Gasteiger partial charge in [0.1, 0.15) is 6.61 Å². The highest BCUT2D eigenvalue weighted by molar-refractivity contribution is 5.21. The number of aliphatic hydroxyl groups excluding tert-OH is 1. The Hall–Kier alpha value is -0.870. The van der Waals surface area contributed by atoms with Crippen LogP contribution < -0.4 is 0 Å². The highest BCUT2D eigenvalue weighted by Crippen LogP contribution is 2.70. The van der Waals surface area contributed by atoms with Crippen molar-refractivity contribution in [3.05, 3.63) is 17.5 Å². The average molecular weight is 430 g/mol. The van der Waals surface area contributed by atoms with Gasteiger partial charge >= 0.3 is 0 Å². The Kier molecular flexibility index (Phi) is 5.57. The van der Waals surface area contributed by atoms with Gasteiger partial charge < -0.3 is 14.4 Å². The van der Waals surface area contributed by atoms with Crippen LogP contribution in [0.5, 0.6) is 0 Å². The number of aliphatic hydroxyl groups is 1. The summed E-state index contributed by atoms with van der Waals surface area (Å²) in [7, 11) is 1.93. The summed E-state index contributed by atoms with van der Waals surface area (Å²) in [5, 5.41) is 13.9. The van der Waals surface area contributed by atoms with E-state index < -0.39 is 0 Å². The molecular weight excluding hydrogens is 386 g/mol. The van der Waals surface area contributed by atoms with Crippen molar-refractivity contribution < 1.29 is 14.4 Å². The quantitative estimate of drug-likeness (QED) is 0.594. The molecule has 0 amide bonds. The molecule has 0 aromatic carbocycles. The van der Waals surface area contributed by atoms with Crippen molar-refractivity contribution >= 4 is 0 Å². The van der Waals surface area contributed by atoms with Gasteiger partial charge in [0.15, 0.2) is 5.76 Å². The van der Waals surface area contributed by atoms with Gasteiger partial charge in [0.05, 0.1) is 12.3 Å². The Balaban J connectivity index is 1.46. The van der Waals surface area contributed by atoms with Crippen LogP contribution in [-0.4, -0.2) is 24.0 Å². The number of hydrogen-bond acceptors (Lipinski definition) is 4. The largest absolute Gasteiger partial charge is 0.388 e. The number of rotatable bonds is 5. The molecule has 174 valence electrons. The minimum absolute atomic E-state index is 0.0513. The molecule has 1 N–H and O–H groups in total. The number of methoxy groups -OCH3 is 1. The highest BCUT2D eigenvalue weighted by atomic mass is 16.5. The third-order valence-electron chi connectivity index (χ3n) is 10.8. The molecule has 2 unspecified atom stereocenters. The monoisotopic (exact) mass is 429 g/mol. The second-order valence-corrected chi connectivity index (χ2v) is 12.3. The van der Waals surface area contributed by atoms with Crippen molar-refractivity contribution in [2.45, 2.75) is 97.5 Å². The molecule has 7 atom stereocenters. The van der Waals surface area contributed by atoms with Gasteiger partial charge in [0.25, 0.3) is 0 Å². The maximum atomic E-state index is 9.48. The Morgan fingerprint density at radius 3 is 2.58 bits per heavy atom. The minimum Gasteiger partial charge on any atom is -0.388 e. The van der Waals surface area contributed by atoms with Crippen molar-refractivity contribution in [2.75, 3.05) is 13.7 Å². The van der Waals surface area contributed by atoms with Gasteiger partial charge in [-0.25, -0.2) is 0 Å². The molecule has 0 radical (unpaired) electrons. The summed E-state index contributed by atoms with van der Waals surface area (Å²) in [5.41, 5.74) is 2.36. The van der Waals surface area contributed by atoms with Gasteiger partial charge in [0.2, 0.25) is 0 Å². The summed E-state index contributed by atoms with van der Waals surface area (Å²) in [6.07, 6.45) is 13.4. The maximum absolute atomic E-state index is 9.48. The van der Waals surface area contributed by atoms with Crippen molar-refractivity contribution in [1.29, 1.82) is 0 Å². The van der Waals surface area contributed by atoms with Gasteiger partial charge in [-0.05, 0) is 104 Å². The molecule has 31 heavy (non-hydrogen) atoms. The molecule has 0 saturated heterocycles. The molecular formula is C27H43NO3. The average Bonchev–Trinajstić information content (AvgIpc) is 3.38. The van der Waals surface area contributed by atoms with Crippen molar-refractivity contribution in [3.8, 4) is 0 Å². The SMILES string of the molecule is CC[C@]12CC[C@H]3C(CC[C@H]4CC(C)(C)CC[C@@]43COC)[C@@H]1CCC2c1cc(CO)on1. The second kappa shape index (κ2) is 7.87. The van der Waals surface area contributed by atoms with Crippen molar-refractivity contribution in [1.82, 2.24) is 5.16 Å². The molecule has 4 aliphatic carbocycles. The van der Waals surface area contributed by atoms with E-state index in [0.29, 0.717) is 27.9 Å². The van der Waals surface area contributed by atoms with Crippen LogP contribution in [0.4, 0.5) is 0 Å². The minimum atomic E-state index is -0.0513. The molecule has 4 nitrogen and oxygen atoms in total. The van der Waals surface area contributed by atoms with Gasteiger partial charge in [-0.3, -0.25) is 0 Å². The van der Waals surface area contributed by atoms with E-state index in [2.05, 4.69) is 25.9 Å². The first kappa shape index (κ1) is 21.9. The van der Waals surface area contributed by atoms with E-state index in [1.54, 1.807) is 0 Å². The first-order valence-corrected chi connectivity index (χ1v) is 12.9. The Morgan fingerprint density at radius 1 is 1.06 bits per heavy atom. The number of hydrogen-bond donors (Lipinski definition) is 1. The van der Waals surface area contributed by atoms with Crippen LogP contribution in [0.15, 0.2) is 10.6 Å². The fraction of sp³-hybridized carbons (Fsp3) is 0.889. The van der Waals surface area contributed by atoms with Crippen molar-refractivity contribution in [2.24, 2.45) is 39.9 Å². The van der Waals surface area contributed by atoms with E-state index in [1.165, 1.54) is 64.2 Å². The molecule has 1 aromatic rings. The summed E-state index contributed by atoms with van der Waals surface area (Å²) in [4.78, 5) is 0. The Morgan fingerprint density at radius 2 is 1.87 bits per heavy atom. The topological polar surface area (TPSA) is 55.5 Å². The molecule has 4 aliphatic rings. The maximum Gasteiger partial charge on any atom is 0.162 e. The van der Waals surface area contributed by atoms with Crippen molar-refractivity contribution in [3.63, 3.8) is 0 Å². The van der Waals surface area contributed by atoms with Crippen LogP contribution in [0.1, 0.15) is 102 Å². The number of fused-ring (bicyclic) bond motifs is 5. The molecule has 5 rings (SSSR count). The van der Waals surface area contributed by atoms with Gasteiger partial charge in [-0.15, -0.1) is 0 Å². The lowest BCUT2D eigenvalue weighted by molar-refractivity contribution is -0.159. The summed E-state index contributed by atoms with van der Waals surface area (Å²) in [6, 6.07) is 2.03. The van der Waals surface area contributed by atoms with E-state index in [1.807, 2.05) is 13.2 Å². The molecule has 0 aliphatic heterocycles.